The van der Waals surface area contributed by atoms with Crippen molar-refractivity contribution in [2.75, 3.05) is 5.88 Å². The van der Waals surface area contributed by atoms with Gasteiger partial charge in [-0.2, -0.15) is 0 Å². The first-order chi connectivity index (χ1) is 6.27. The highest BCUT2D eigenvalue weighted by atomic mass is 79.9. The Morgan fingerprint density at radius 2 is 2.23 bits per heavy atom. The second-order valence-corrected chi connectivity index (χ2v) is 4.05. The highest BCUT2D eigenvalue weighted by Gasteiger charge is 2.01. The molecule has 0 amide bonds. The minimum absolute atomic E-state index is 0.633. The summed E-state index contributed by atoms with van der Waals surface area (Å²) in [6, 6.07) is 5.73. The van der Waals surface area contributed by atoms with E-state index in [1.807, 2.05) is 18.2 Å². The molecule has 0 saturated carbocycles. The van der Waals surface area contributed by atoms with Crippen LogP contribution in [0.2, 0.25) is 0 Å². The van der Waals surface area contributed by atoms with E-state index in [9.17, 15) is 4.79 Å². The van der Waals surface area contributed by atoms with Crippen LogP contribution in [0.5, 0.6) is 0 Å². The lowest BCUT2D eigenvalue weighted by Gasteiger charge is -2.03. The van der Waals surface area contributed by atoms with Crippen LogP contribution in [0.25, 0.3) is 0 Å². The zero-order valence-electron chi connectivity index (χ0n) is 7.09. The smallest absolute Gasteiger partial charge is 0.150 e. The van der Waals surface area contributed by atoms with E-state index in [4.69, 9.17) is 11.6 Å². The summed E-state index contributed by atoms with van der Waals surface area (Å²) in [5.74, 6) is 0.633. The van der Waals surface area contributed by atoms with Gasteiger partial charge in [0.25, 0.3) is 0 Å². The summed E-state index contributed by atoms with van der Waals surface area (Å²) in [6.07, 6.45) is 2.66. The molecule has 3 heteroatoms. The average Bonchev–Trinajstić information content (AvgIpc) is 2.16. The van der Waals surface area contributed by atoms with Crippen LogP contribution >= 0.6 is 27.5 Å². The molecule has 0 spiro atoms. The maximum atomic E-state index is 10.7. The SMILES string of the molecule is O=Cc1cc(Br)ccc1CCCCl. The summed E-state index contributed by atoms with van der Waals surface area (Å²) in [4.78, 5) is 10.7. The molecule has 0 aliphatic rings. The zero-order valence-corrected chi connectivity index (χ0v) is 9.44. The van der Waals surface area contributed by atoms with Gasteiger partial charge in [0.1, 0.15) is 6.29 Å². The van der Waals surface area contributed by atoms with E-state index >= 15 is 0 Å². The number of aldehydes is 1. The molecule has 0 aliphatic carbocycles. The van der Waals surface area contributed by atoms with Gasteiger partial charge in [0.05, 0.1) is 0 Å². The third kappa shape index (κ3) is 3.12. The first-order valence-corrected chi connectivity index (χ1v) is 5.40. The highest BCUT2D eigenvalue weighted by Crippen LogP contribution is 2.16. The Bertz CT molecular complexity index is 299. The molecule has 0 unspecified atom stereocenters. The minimum Gasteiger partial charge on any atom is -0.298 e. The Labute approximate surface area is 91.2 Å². The van der Waals surface area contributed by atoms with Crippen LogP contribution in [0.3, 0.4) is 0 Å². The van der Waals surface area contributed by atoms with Crippen LogP contribution < -0.4 is 0 Å². The van der Waals surface area contributed by atoms with Gasteiger partial charge in [-0.15, -0.1) is 11.6 Å². The second kappa shape index (κ2) is 5.40. The number of alkyl halides is 1. The number of carbonyl (C=O) groups is 1. The molecule has 0 bridgehead atoms. The third-order valence-electron chi connectivity index (χ3n) is 1.81. The lowest BCUT2D eigenvalue weighted by atomic mass is 10.0. The van der Waals surface area contributed by atoms with Gasteiger partial charge >= 0.3 is 0 Å². The number of carbonyl (C=O) groups excluding carboxylic acids is 1. The molecule has 0 heterocycles. The molecule has 1 nitrogen and oxygen atoms in total. The molecule has 0 radical (unpaired) electrons. The van der Waals surface area contributed by atoms with Crippen LogP contribution in [0.15, 0.2) is 22.7 Å². The molecule has 0 aliphatic heterocycles. The third-order valence-corrected chi connectivity index (χ3v) is 2.58. The van der Waals surface area contributed by atoms with Crippen molar-refractivity contribution in [2.24, 2.45) is 0 Å². The summed E-state index contributed by atoms with van der Waals surface area (Å²) >= 11 is 8.90. The van der Waals surface area contributed by atoms with Gasteiger partial charge in [-0.3, -0.25) is 4.79 Å². The van der Waals surface area contributed by atoms with Crippen molar-refractivity contribution in [1.82, 2.24) is 0 Å². The molecule has 0 N–H and O–H groups in total. The summed E-state index contributed by atoms with van der Waals surface area (Å²) < 4.78 is 0.934. The fourth-order valence-electron chi connectivity index (χ4n) is 1.16. The Balaban J connectivity index is 2.86. The lowest BCUT2D eigenvalue weighted by molar-refractivity contribution is 0.112. The molecule has 13 heavy (non-hydrogen) atoms. The molecule has 70 valence electrons. The maximum Gasteiger partial charge on any atom is 0.150 e. The monoisotopic (exact) mass is 260 g/mol. The van der Waals surface area contributed by atoms with Gasteiger partial charge in [-0.25, -0.2) is 0 Å². The molecular formula is C10H10BrClO. The maximum absolute atomic E-state index is 10.7. The van der Waals surface area contributed by atoms with Crippen LogP contribution in [0.1, 0.15) is 22.3 Å². The van der Waals surface area contributed by atoms with E-state index < -0.39 is 0 Å². The van der Waals surface area contributed by atoms with E-state index in [0.717, 1.165) is 34.7 Å². The predicted octanol–water partition coefficient (Wildman–Crippen LogP) is 3.43. The lowest BCUT2D eigenvalue weighted by Crippen LogP contribution is -1.93. The molecule has 0 saturated heterocycles. The van der Waals surface area contributed by atoms with Crippen molar-refractivity contribution in [3.8, 4) is 0 Å². The minimum atomic E-state index is 0.633. The molecule has 0 fully saturated rings. The van der Waals surface area contributed by atoms with Crippen molar-refractivity contribution < 1.29 is 4.79 Å². The number of hydrogen-bond donors (Lipinski definition) is 0. The van der Waals surface area contributed by atoms with Gasteiger partial charge in [0.15, 0.2) is 0 Å². The fraction of sp³-hybridized carbons (Fsp3) is 0.300. The van der Waals surface area contributed by atoms with Crippen LogP contribution in [-0.2, 0) is 6.42 Å². The predicted molar refractivity (Wildman–Crippen MR) is 58.6 cm³/mol. The van der Waals surface area contributed by atoms with E-state index in [1.54, 1.807) is 0 Å². The molecular weight excluding hydrogens is 251 g/mol. The van der Waals surface area contributed by atoms with Gasteiger partial charge < -0.3 is 0 Å². The first kappa shape index (κ1) is 10.7. The number of halogens is 2. The molecule has 0 aromatic heterocycles. The van der Waals surface area contributed by atoms with Crippen molar-refractivity contribution in [3.63, 3.8) is 0 Å². The van der Waals surface area contributed by atoms with Crippen molar-refractivity contribution in [3.05, 3.63) is 33.8 Å². The van der Waals surface area contributed by atoms with Crippen LogP contribution in [-0.4, -0.2) is 12.2 Å². The molecule has 1 rings (SSSR count). The topological polar surface area (TPSA) is 17.1 Å². The van der Waals surface area contributed by atoms with Gasteiger partial charge in [-0.1, -0.05) is 22.0 Å². The summed E-state index contributed by atoms with van der Waals surface area (Å²) in [7, 11) is 0. The van der Waals surface area contributed by atoms with Crippen LogP contribution in [0.4, 0.5) is 0 Å². The number of benzene rings is 1. The Kier molecular flexibility index (Phi) is 4.46. The van der Waals surface area contributed by atoms with Crippen molar-refractivity contribution in [1.29, 1.82) is 0 Å². The van der Waals surface area contributed by atoms with Crippen molar-refractivity contribution >= 4 is 33.8 Å². The Hall–Kier alpha value is -0.340. The fourth-order valence-corrected chi connectivity index (χ4v) is 1.67. The quantitative estimate of drug-likeness (QED) is 0.599. The summed E-state index contributed by atoms with van der Waals surface area (Å²) in [5, 5.41) is 0. The number of aryl methyl sites for hydroxylation is 1. The van der Waals surface area contributed by atoms with Crippen molar-refractivity contribution in [2.45, 2.75) is 12.8 Å². The van der Waals surface area contributed by atoms with Gasteiger partial charge in [-0.05, 0) is 30.5 Å². The normalized spacial score (nSPS) is 10.0. The largest absolute Gasteiger partial charge is 0.298 e. The highest BCUT2D eigenvalue weighted by molar-refractivity contribution is 9.10. The summed E-state index contributed by atoms with van der Waals surface area (Å²) in [6.45, 7) is 0. The summed E-state index contributed by atoms with van der Waals surface area (Å²) in [5.41, 5.74) is 1.82. The molecule has 0 atom stereocenters. The first-order valence-electron chi connectivity index (χ1n) is 4.07. The van der Waals surface area contributed by atoms with E-state index in [-0.39, 0.29) is 0 Å². The number of hydrogen-bond acceptors (Lipinski definition) is 1. The Morgan fingerprint density at radius 1 is 1.46 bits per heavy atom. The van der Waals surface area contributed by atoms with Gasteiger partial charge in [0.2, 0.25) is 0 Å². The van der Waals surface area contributed by atoms with Crippen LogP contribution in [0, 0.1) is 0 Å². The van der Waals surface area contributed by atoms with E-state index in [2.05, 4.69) is 15.9 Å². The molecule has 1 aromatic rings. The van der Waals surface area contributed by atoms with Gasteiger partial charge in [0, 0.05) is 15.9 Å². The standard InChI is InChI=1S/C10H10BrClO/c11-10-4-3-8(2-1-5-12)9(6-10)7-13/h3-4,6-7H,1-2,5H2. The van der Waals surface area contributed by atoms with E-state index in [1.165, 1.54) is 0 Å². The Morgan fingerprint density at radius 3 is 2.85 bits per heavy atom. The number of rotatable bonds is 4. The molecule has 1 aromatic carbocycles. The van der Waals surface area contributed by atoms with E-state index in [0.29, 0.717) is 5.88 Å². The second-order valence-electron chi connectivity index (χ2n) is 2.75. The average molecular weight is 262 g/mol. The zero-order chi connectivity index (χ0) is 9.68.